The summed E-state index contributed by atoms with van der Waals surface area (Å²) in [6, 6.07) is 2.14. The lowest BCUT2D eigenvalue weighted by molar-refractivity contribution is -0.137. The quantitative estimate of drug-likeness (QED) is 0.530. The van der Waals surface area contributed by atoms with Gasteiger partial charge in [-0.2, -0.15) is 13.2 Å². The van der Waals surface area contributed by atoms with Crippen LogP contribution in [0.2, 0.25) is 0 Å². The van der Waals surface area contributed by atoms with E-state index >= 15 is 0 Å². The normalized spacial score (nSPS) is 10.8. The molecule has 0 bridgehead atoms. The maximum absolute atomic E-state index is 12.5. The summed E-state index contributed by atoms with van der Waals surface area (Å²) in [7, 11) is 1.38. The van der Waals surface area contributed by atoms with Crippen LogP contribution in [0.1, 0.15) is 15.9 Å². The maximum Gasteiger partial charge on any atom is 0.416 e. The van der Waals surface area contributed by atoms with Crippen molar-refractivity contribution in [2.75, 3.05) is 25.9 Å². The predicted molar refractivity (Wildman–Crippen MR) is 73.2 cm³/mol. The average molecular weight is 333 g/mol. The van der Waals surface area contributed by atoms with E-state index < -0.39 is 41.8 Å². The number of nitrogens with two attached hydrogens (primary N) is 1. The van der Waals surface area contributed by atoms with E-state index in [1.165, 1.54) is 7.05 Å². The van der Waals surface area contributed by atoms with Crippen molar-refractivity contribution in [1.29, 1.82) is 0 Å². The fourth-order valence-corrected chi connectivity index (χ4v) is 1.45. The van der Waals surface area contributed by atoms with Gasteiger partial charge in [0.05, 0.1) is 17.7 Å². The number of benzene rings is 1. The number of carbonyl (C=O) groups excluding carboxylic acids is 3. The summed E-state index contributed by atoms with van der Waals surface area (Å²) in [4.78, 5) is 33.9. The Labute approximate surface area is 129 Å². The fourth-order valence-electron chi connectivity index (χ4n) is 1.45. The molecule has 0 aliphatic carbocycles. The number of ether oxygens (including phenoxy) is 1. The van der Waals surface area contributed by atoms with Gasteiger partial charge in [-0.05, 0) is 18.2 Å². The molecule has 1 aromatic carbocycles. The zero-order valence-corrected chi connectivity index (χ0v) is 12.0. The van der Waals surface area contributed by atoms with Gasteiger partial charge in [0.15, 0.2) is 6.61 Å². The van der Waals surface area contributed by atoms with E-state index in [0.29, 0.717) is 12.1 Å². The van der Waals surface area contributed by atoms with Gasteiger partial charge in [-0.15, -0.1) is 0 Å². The van der Waals surface area contributed by atoms with Gasteiger partial charge in [-0.3, -0.25) is 9.59 Å². The van der Waals surface area contributed by atoms with Gasteiger partial charge in [-0.1, -0.05) is 0 Å². The zero-order chi connectivity index (χ0) is 17.6. The predicted octanol–water partition coefficient (Wildman–Crippen LogP) is 0.307. The van der Waals surface area contributed by atoms with Crippen molar-refractivity contribution in [2.24, 2.45) is 0 Å². The SMILES string of the molecule is CNC(=O)CNC(=O)COC(=O)c1ccc(C(F)(F)F)cc1N. The van der Waals surface area contributed by atoms with Crippen LogP contribution in [0.5, 0.6) is 0 Å². The van der Waals surface area contributed by atoms with E-state index in [1.807, 2.05) is 0 Å². The van der Waals surface area contributed by atoms with Crippen LogP contribution in [0.4, 0.5) is 18.9 Å². The molecule has 0 saturated heterocycles. The van der Waals surface area contributed by atoms with Crippen molar-refractivity contribution in [3.8, 4) is 0 Å². The van der Waals surface area contributed by atoms with Crippen molar-refractivity contribution in [3.63, 3.8) is 0 Å². The van der Waals surface area contributed by atoms with Crippen molar-refractivity contribution < 1.29 is 32.3 Å². The lowest BCUT2D eigenvalue weighted by Gasteiger charge is -2.10. The Bertz CT molecular complexity index is 617. The molecule has 10 heteroatoms. The molecule has 7 nitrogen and oxygen atoms in total. The lowest BCUT2D eigenvalue weighted by Crippen LogP contribution is -2.37. The molecular formula is C13H14F3N3O4. The Morgan fingerprint density at radius 2 is 1.87 bits per heavy atom. The minimum Gasteiger partial charge on any atom is -0.452 e. The summed E-state index contributed by atoms with van der Waals surface area (Å²) >= 11 is 0. The van der Waals surface area contributed by atoms with Crippen LogP contribution in [0.3, 0.4) is 0 Å². The number of nitrogens with one attached hydrogen (secondary N) is 2. The number of alkyl halides is 3. The minimum absolute atomic E-state index is 0.294. The molecule has 1 rings (SSSR count). The molecule has 4 N–H and O–H groups in total. The van der Waals surface area contributed by atoms with Gasteiger partial charge in [0.25, 0.3) is 5.91 Å². The van der Waals surface area contributed by atoms with Gasteiger partial charge >= 0.3 is 12.1 Å². The smallest absolute Gasteiger partial charge is 0.416 e. The minimum atomic E-state index is -4.59. The first-order valence-corrected chi connectivity index (χ1v) is 6.26. The highest BCUT2D eigenvalue weighted by Crippen LogP contribution is 2.31. The number of hydrogen-bond donors (Lipinski definition) is 3. The second-order valence-electron chi connectivity index (χ2n) is 4.33. The van der Waals surface area contributed by atoms with Crippen LogP contribution in [0.25, 0.3) is 0 Å². The summed E-state index contributed by atoms with van der Waals surface area (Å²) in [5.41, 5.74) is 3.67. The molecule has 126 valence electrons. The molecule has 0 heterocycles. The monoisotopic (exact) mass is 333 g/mol. The van der Waals surface area contributed by atoms with E-state index in [4.69, 9.17) is 5.73 Å². The summed E-state index contributed by atoms with van der Waals surface area (Å²) in [6.45, 7) is -0.994. The largest absolute Gasteiger partial charge is 0.452 e. The molecule has 0 spiro atoms. The van der Waals surface area contributed by atoms with Crippen molar-refractivity contribution in [1.82, 2.24) is 10.6 Å². The summed E-state index contributed by atoms with van der Waals surface area (Å²) < 4.78 is 42.0. The van der Waals surface area contributed by atoms with Gasteiger partial charge in [0.1, 0.15) is 0 Å². The number of nitrogen functional groups attached to an aromatic ring is 1. The molecule has 0 radical (unpaired) electrons. The summed E-state index contributed by atoms with van der Waals surface area (Å²) in [5, 5.41) is 4.44. The van der Waals surface area contributed by atoms with Crippen LogP contribution in [-0.2, 0) is 20.5 Å². The van der Waals surface area contributed by atoms with E-state index in [0.717, 1.165) is 6.07 Å². The topological polar surface area (TPSA) is 111 Å². The number of anilines is 1. The van der Waals surface area contributed by atoms with Crippen LogP contribution < -0.4 is 16.4 Å². The Morgan fingerprint density at radius 3 is 2.39 bits per heavy atom. The van der Waals surface area contributed by atoms with E-state index in [-0.39, 0.29) is 12.1 Å². The fraction of sp³-hybridized carbons (Fsp3) is 0.308. The summed E-state index contributed by atoms with van der Waals surface area (Å²) in [6.07, 6.45) is -4.59. The molecule has 0 aromatic heterocycles. The highest BCUT2D eigenvalue weighted by Gasteiger charge is 2.31. The van der Waals surface area contributed by atoms with Crippen LogP contribution in [0.15, 0.2) is 18.2 Å². The number of esters is 1. The Balaban J connectivity index is 2.62. The third-order valence-corrected chi connectivity index (χ3v) is 2.66. The molecule has 2 amide bonds. The van der Waals surface area contributed by atoms with Crippen LogP contribution in [0, 0.1) is 0 Å². The molecular weight excluding hydrogens is 319 g/mol. The molecule has 23 heavy (non-hydrogen) atoms. The van der Waals surface area contributed by atoms with Gasteiger partial charge in [0, 0.05) is 12.7 Å². The molecule has 0 aliphatic rings. The van der Waals surface area contributed by atoms with Gasteiger partial charge in [0.2, 0.25) is 5.91 Å². The zero-order valence-electron chi connectivity index (χ0n) is 12.0. The first-order valence-electron chi connectivity index (χ1n) is 6.26. The molecule has 0 saturated carbocycles. The number of rotatable bonds is 5. The number of likely N-dealkylation sites (N-methyl/N-ethyl adjacent to an activating group) is 1. The third kappa shape index (κ3) is 5.49. The highest BCUT2D eigenvalue weighted by atomic mass is 19.4. The molecule has 0 atom stereocenters. The highest BCUT2D eigenvalue weighted by molar-refractivity contribution is 5.96. The molecule has 0 unspecified atom stereocenters. The maximum atomic E-state index is 12.5. The average Bonchev–Trinajstić information content (AvgIpc) is 2.49. The van der Waals surface area contributed by atoms with E-state index in [1.54, 1.807) is 0 Å². The standard InChI is InChI=1S/C13H14F3N3O4/c1-18-10(20)5-19-11(21)6-23-12(22)8-3-2-7(4-9(8)17)13(14,15)16/h2-4H,5-6,17H2,1H3,(H,18,20)(H,19,21). The van der Waals surface area contributed by atoms with Crippen molar-refractivity contribution in [3.05, 3.63) is 29.3 Å². The first kappa shape index (κ1) is 18.3. The van der Waals surface area contributed by atoms with Gasteiger partial charge < -0.3 is 21.1 Å². The second kappa shape index (κ2) is 7.47. The first-order chi connectivity index (χ1) is 10.6. The van der Waals surface area contributed by atoms with Crippen molar-refractivity contribution >= 4 is 23.5 Å². The Kier molecular flexibility index (Phi) is 5.94. The summed E-state index contributed by atoms with van der Waals surface area (Å²) in [5.74, 6) is -2.24. The molecule has 1 aromatic rings. The van der Waals surface area contributed by atoms with Crippen LogP contribution >= 0.6 is 0 Å². The molecule has 0 aliphatic heterocycles. The second-order valence-corrected chi connectivity index (χ2v) is 4.33. The van der Waals surface area contributed by atoms with E-state index in [9.17, 15) is 27.6 Å². The Morgan fingerprint density at radius 1 is 1.22 bits per heavy atom. The lowest BCUT2D eigenvalue weighted by atomic mass is 10.1. The van der Waals surface area contributed by atoms with Crippen molar-refractivity contribution in [2.45, 2.75) is 6.18 Å². The number of carbonyl (C=O) groups is 3. The number of amides is 2. The number of halogens is 3. The van der Waals surface area contributed by atoms with E-state index in [2.05, 4.69) is 15.4 Å². The van der Waals surface area contributed by atoms with Crippen LogP contribution in [-0.4, -0.2) is 38.0 Å². The number of hydrogen-bond acceptors (Lipinski definition) is 5. The third-order valence-electron chi connectivity index (χ3n) is 2.66. The Hall–Kier alpha value is -2.78. The van der Waals surface area contributed by atoms with Gasteiger partial charge in [-0.25, -0.2) is 4.79 Å². The molecule has 0 fully saturated rings.